The van der Waals surface area contributed by atoms with Gasteiger partial charge in [0, 0.05) is 6.42 Å². The third-order valence-corrected chi connectivity index (χ3v) is 3.00. The van der Waals surface area contributed by atoms with Gasteiger partial charge in [-0.2, -0.15) is 0 Å². The quantitative estimate of drug-likeness (QED) is 0.785. The van der Waals surface area contributed by atoms with Crippen LogP contribution in [-0.4, -0.2) is 10.9 Å². The van der Waals surface area contributed by atoms with E-state index in [1.54, 1.807) is 13.0 Å². The number of hydrogen-bond acceptors (Lipinski definition) is 2. The van der Waals surface area contributed by atoms with Crippen LogP contribution in [0.2, 0.25) is 0 Å². The molecule has 2 heteroatoms. The van der Waals surface area contributed by atoms with Crippen LogP contribution in [0.15, 0.2) is 30.4 Å². The van der Waals surface area contributed by atoms with Crippen LogP contribution in [-0.2, 0) is 4.79 Å². The van der Waals surface area contributed by atoms with Crippen LogP contribution in [0.25, 0.3) is 0 Å². The van der Waals surface area contributed by atoms with Crippen LogP contribution in [0.4, 0.5) is 0 Å². The molecule has 1 aromatic rings. The van der Waals surface area contributed by atoms with Crippen molar-refractivity contribution in [1.29, 1.82) is 0 Å². The number of ketones is 1. The first-order valence-corrected chi connectivity index (χ1v) is 5.90. The molecular weight excluding hydrogens is 212 g/mol. The van der Waals surface area contributed by atoms with Crippen LogP contribution in [0.3, 0.4) is 0 Å². The lowest BCUT2D eigenvalue weighted by atomic mass is 9.93. The largest absolute Gasteiger partial charge is 0.508 e. The third-order valence-electron chi connectivity index (χ3n) is 3.00. The first-order valence-electron chi connectivity index (χ1n) is 5.90. The van der Waals surface area contributed by atoms with E-state index in [0.29, 0.717) is 17.7 Å². The first kappa shape index (κ1) is 13.5. The van der Waals surface area contributed by atoms with Crippen molar-refractivity contribution in [2.45, 2.75) is 39.5 Å². The molecule has 0 radical (unpaired) electrons. The van der Waals surface area contributed by atoms with E-state index in [9.17, 15) is 9.90 Å². The van der Waals surface area contributed by atoms with Gasteiger partial charge in [0.15, 0.2) is 5.78 Å². The van der Waals surface area contributed by atoms with Gasteiger partial charge < -0.3 is 5.11 Å². The standard InChI is InChI=1S/C15H20O2/c1-10(2)14(16)8-6-12(4)13-7-5-11(3)9-15(13)17/h5,7,9,12,17H,1,6,8H2,2-4H3. The summed E-state index contributed by atoms with van der Waals surface area (Å²) < 4.78 is 0. The summed E-state index contributed by atoms with van der Waals surface area (Å²) in [5, 5.41) is 9.83. The number of rotatable bonds is 5. The Labute approximate surface area is 103 Å². The Hall–Kier alpha value is -1.57. The number of hydrogen-bond donors (Lipinski definition) is 1. The fraction of sp³-hybridized carbons (Fsp3) is 0.400. The summed E-state index contributed by atoms with van der Waals surface area (Å²) in [4.78, 5) is 11.5. The molecule has 0 saturated heterocycles. The molecule has 0 heterocycles. The van der Waals surface area contributed by atoms with Gasteiger partial charge in [0.25, 0.3) is 0 Å². The monoisotopic (exact) mass is 232 g/mol. The van der Waals surface area contributed by atoms with Crippen molar-refractivity contribution in [3.63, 3.8) is 0 Å². The van der Waals surface area contributed by atoms with Crippen LogP contribution in [0, 0.1) is 6.92 Å². The molecule has 1 unspecified atom stereocenters. The predicted octanol–water partition coefficient (Wildman–Crippen LogP) is 3.73. The van der Waals surface area contributed by atoms with Gasteiger partial charge in [-0.3, -0.25) is 4.79 Å². The zero-order valence-corrected chi connectivity index (χ0v) is 10.8. The molecule has 0 aromatic heterocycles. The average Bonchev–Trinajstić information content (AvgIpc) is 2.25. The number of aryl methyl sites for hydroxylation is 1. The number of benzene rings is 1. The van der Waals surface area contributed by atoms with Gasteiger partial charge in [-0.05, 0) is 49.0 Å². The lowest BCUT2D eigenvalue weighted by Crippen LogP contribution is -2.02. The molecular formula is C15H20O2. The van der Waals surface area contributed by atoms with Gasteiger partial charge in [-0.25, -0.2) is 0 Å². The second kappa shape index (κ2) is 5.67. The summed E-state index contributed by atoms with van der Waals surface area (Å²) in [6, 6.07) is 5.67. The fourth-order valence-electron chi connectivity index (χ4n) is 1.79. The molecule has 0 saturated carbocycles. The SMILES string of the molecule is C=C(C)C(=O)CCC(C)c1ccc(C)cc1O. The van der Waals surface area contributed by atoms with E-state index >= 15 is 0 Å². The maximum Gasteiger partial charge on any atom is 0.158 e. The van der Waals surface area contributed by atoms with Gasteiger partial charge in [0.2, 0.25) is 0 Å². The van der Waals surface area contributed by atoms with Crippen LogP contribution in [0.1, 0.15) is 43.7 Å². The smallest absolute Gasteiger partial charge is 0.158 e. The van der Waals surface area contributed by atoms with Crippen molar-refractivity contribution in [2.75, 3.05) is 0 Å². The molecule has 0 bridgehead atoms. The second-order valence-corrected chi connectivity index (χ2v) is 4.71. The van der Waals surface area contributed by atoms with E-state index in [2.05, 4.69) is 6.58 Å². The van der Waals surface area contributed by atoms with Gasteiger partial charge in [-0.1, -0.05) is 25.6 Å². The summed E-state index contributed by atoms with van der Waals surface area (Å²) in [6.45, 7) is 9.34. The molecule has 2 nitrogen and oxygen atoms in total. The van der Waals surface area contributed by atoms with Crippen molar-refractivity contribution in [2.24, 2.45) is 0 Å². The van der Waals surface area contributed by atoms with E-state index < -0.39 is 0 Å². The van der Waals surface area contributed by atoms with E-state index in [0.717, 1.165) is 17.5 Å². The number of carbonyl (C=O) groups excluding carboxylic acids is 1. The number of Topliss-reactive ketones (excluding diaryl/α,β-unsaturated/α-hetero) is 1. The number of allylic oxidation sites excluding steroid dienone is 1. The van der Waals surface area contributed by atoms with Crippen molar-refractivity contribution >= 4 is 5.78 Å². The Bertz CT molecular complexity index is 433. The zero-order chi connectivity index (χ0) is 13.0. The Balaban J connectivity index is 2.67. The molecule has 1 N–H and O–H groups in total. The highest BCUT2D eigenvalue weighted by atomic mass is 16.3. The molecule has 17 heavy (non-hydrogen) atoms. The molecule has 92 valence electrons. The van der Waals surface area contributed by atoms with Crippen molar-refractivity contribution in [3.8, 4) is 5.75 Å². The van der Waals surface area contributed by atoms with E-state index in [-0.39, 0.29) is 11.7 Å². The fourth-order valence-corrected chi connectivity index (χ4v) is 1.79. The minimum Gasteiger partial charge on any atom is -0.508 e. The van der Waals surface area contributed by atoms with Gasteiger partial charge in [-0.15, -0.1) is 0 Å². The molecule has 0 aliphatic carbocycles. The van der Waals surface area contributed by atoms with E-state index in [1.165, 1.54) is 0 Å². The van der Waals surface area contributed by atoms with Gasteiger partial charge in [0.05, 0.1) is 0 Å². The molecule has 1 atom stereocenters. The minimum atomic E-state index is 0.100. The molecule has 0 fully saturated rings. The van der Waals surface area contributed by atoms with Crippen LogP contribution in [0.5, 0.6) is 5.75 Å². The maximum absolute atomic E-state index is 11.5. The Morgan fingerprint density at radius 2 is 2.12 bits per heavy atom. The zero-order valence-electron chi connectivity index (χ0n) is 10.8. The average molecular weight is 232 g/mol. The van der Waals surface area contributed by atoms with Crippen LogP contribution >= 0.6 is 0 Å². The Kier molecular flexibility index (Phi) is 4.50. The Morgan fingerprint density at radius 3 is 2.65 bits per heavy atom. The molecule has 0 aliphatic heterocycles. The molecule has 0 spiro atoms. The molecule has 1 rings (SSSR count). The van der Waals surface area contributed by atoms with Crippen molar-refractivity contribution < 1.29 is 9.90 Å². The highest BCUT2D eigenvalue weighted by molar-refractivity contribution is 5.94. The van der Waals surface area contributed by atoms with Crippen LogP contribution < -0.4 is 0 Å². The van der Waals surface area contributed by atoms with Crippen molar-refractivity contribution in [3.05, 3.63) is 41.5 Å². The normalized spacial score (nSPS) is 12.2. The van der Waals surface area contributed by atoms with Gasteiger partial charge in [0.1, 0.15) is 5.75 Å². The summed E-state index contributed by atoms with van der Waals surface area (Å²) in [6.07, 6.45) is 1.23. The number of phenolic OH excluding ortho intramolecular Hbond substituents is 1. The molecule has 0 aliphatic rings. The summed E-state index contributed by atoms with van der Waals surface area (Å²) in [7, 11) is 0. The first-order chi connectivity index (χ1) is 7.91. The number of carbonyl (C=O) groups is 1. The maximum atomic E-state index is 11.5. The van der Waals surface area contributed by atoms with Gasteiger partial charge >= 0.3 is 0 Å². The second-order valence-electron chi connectivity index (χ2n) is 4.71. The predicted molar refractivity (Wildman–Crippen MR) is 70.3 cm³/mol. The lowest BCUT2D eigenvalue weighted by Gasteiger charge is -2.13. The minimum absolute atomic E-state index is 0.100. The Morgan fingerprint density at radius 1 is 1.47 bits per heavy atom. The number of phenols is 1. The topological polar surface area (TPSA) is 37.3 Å². The van der Waals surface area contributed by atoms with E-state index in [4.69, 9.17) is 0 Å². The number of aromatic hydroxyl groups is 1. The summed E-state index contributed by atoms with van der Waals surface area (Å²) in [5.74, 6) is 0.600. The third kappa shape index (κ3) is 3.74. The lowest BCUT2D eigenvalue weighted by molar-refractivity contribution is -0.115. The highest BCUT2D eigenvalue weighted by Crippen LogP contribution is 2.29. The summed E-state index contributed by atoms with van der Waals surface area (Å²) >= 11 is 0. The van der Waals surface area contributed by atoms with E-state index in [1.807, 2.05) is 26.0 Å². The molecule has 0 amide bonds. The molecule has 1 aromatic carbocycles. The highest BCUT2D eigenvalue weighted by Gasteiger charge is 2.12. The summed E-state index contributed by atoms with van der Waals surface area (Å²) in [5.41, 5.74) is 2.55. The van der Waals surface area contributed by atoms with Crippen molar-refractivity contribution in [1.82, 2.24) is 0 Å².